The first-order valence-corrected chi connectivity index (χ1v) is 11.2. The predicted molar refractivity (Wildman–Crippen MR) is 124 cm³/mol. The molecule has 0 N–H and O–H groups in total. The Bertz CT molecular complexity index is 1130. The number of aryl methyl sites for hydroxylation is 1. The third kappa shape index (κ3) is 5.39. The number of rotatable bonds is 7. The fraction of sp³-hybridized carbons (Fsp3) is 0.400. The number of fused-ring (bicyclic) bond motifs is 1. The van der Waals surface area contributed by atoms with Gasteiger partial charge in [-0.3, -0.25) is 14.6 Å². The molecular formula is C25H29FN6O. The largest absolute Gasteiger partial charge is 0.295 e. The number of halogens is 1. The Morgan fingerprint density at radius 3 is 2.39 bits per heavy atom. The SMILES string of the molecule is Cc1nc(CN(C)Cc2cnc(C(C)C)nc2)nc2c1CCC(=O)N2Cc1ccc(F)cc1. The van der Waals surface area contributed by atoms with Gasteiger partial charge in [-0.05, 0) is 38.1 Å². The van der Waals surface area contributed by atoms with Gasteiger partial charge in [0.05, 0.1) is 13.1 Å². The molecule has 0 radical (unpaired) electrons. The van der Waals surface area contributed by atoms with E-state index in [0.29, 0.717) is 50.0 Å². The Hall–Kier alpha value is -3.26. The summed E-state index contributed by atoms with van der Waals surface area (Å²) in [6.07, 6.45) is 4.78. The van der Waals surface area contributed by atoms with Gasteiger partial charge >= 0.3 is 0 Å². The number of hydrogen-bond acceptors (Lipinski definition) is 6. The maximum absolute atomic E-state index is 13.3. The van der Waals surface area contributed by atoms with E-state index in [9.17, 15) is 9.18 Å². The second-order valence-corrected chi connectivity index (χ2v) is 8.91. The minimum atomic E-state index is -0.295. The molecule has 1 aliphatic heterocycles. The zero-order valence-electron chi connectivity index (χ0n) is 19.5. The van der Waals surface area contributed by atoms with E-state index < -0.39 is 0 Å². The first kappa shape index (κ1) is 22.9. The molecule has 3 aromatic rings. The van der Waals surface area contributed by atoms with E-state index in [1.54, 1.807) is 17.0 Å². The summed E-state index contributed by atoms with van der Waals surface area (Å²) in [4.78, 5) is 34.9. The van der Waals surface area contributed by atoms with Crippen LogP contribution in [0.1, 0.15) is 60.2 Å². The van der Waals surface area contributed by atoms with Gasteiger partial charge in [0, 0.05) is 48.1 Å². The molecule has 0 atom stereocenters. The van der Waals surface area contributed by atoms with Gasteiger partial charge in [0.15, 0.2) is 0 Å². The normalized spacial score (nSPS) is 13.7. The van der Waals surface area contributed by atoms with Gasteiger partial charge in [0.25, 0.3) is 0 Å². The topological polar surface area (TPSA) is 75.1 Å². The quantitative estimate of drug-likeness (QED) is 0.545. The molecule has 0 bridgehead atoms. The van der Waals surface area contributed by atoms with Gasteiger partial charge in [0.1, 0.15) is 23.3 Å². The third-order valence-electron chi connectivity index (χ3n) is 5.74. The Kier molecular flexibility index (Phi) is 6.74. The van der Waals surface area contributed by atoms with Gasteiger partial charge in [0.2, 0.25) is 5.91 Å². The van der Waals surface area contributed by atoms with E-state index in [2.05, 4.69) is 28.7 Å². The number of hydrogen-bond donors (Lipinski definition) is 0. The van der Waals surface area contributed by atoms with E-state index >= 15 is 0 Å². The van der Waals surface area contributed by atoms with Crippen molar-refractivity contribution in [3.63, 3.8) is 0 Å². The van der Waals surface area contributed by atoms with Gasteiger partial charge in [-0.15, -0.1) is 0 Å². The Balaban J connectivity index is 1.53. The molecule has 0 aliphatic carbocycles. The Morgan fingerprint density at radius 2 is 1.73 bits per heavy atom. The molecule has 4 rings (SSSR count). The van der Waals surface area contributed by atoms with Crippen LogP contribution in [-0.2, 0) is 30.8 Å². The van der Waals surface area contributed by atoms with Crippen LogP contribution < -0.4 is 4.90 Å². The summed E-state index contributed by atoms with van der Waals surface area (Å²) in [5.41, 5.74) is 3.77. The minimum absolute atomic E-state index is 0.0200. The van der Waals surface area contributed by atoms with E-state index in [1.807, 2.05) is 26.4 Å². The Morgan fingerprint density at radius 1 is 1.03 bits per heavy atom. The summed E-state index contributed by atoms with van der Waals surface area (Å²) < 4.78 is 13.3. The highest BCUT2D eigenvalue weighted by Crippen LogP contribution is 2.29. The van der Waals surface area contributed by atoms with Crippen LogP contribution in [0.25, 0.3) is 0 Å². The second kappa shape index (κ2) is 9.70. The molecule has 0 saturated carbocycles. The molecule has 8 heteroatoms. The number of nitrogens with zero attached hydrogens (tertiary/aromatic N) is 6. The molecule has 0 unspecified atom stereocenters. The molecule has 7 nitrogen and oxygen atoms in total. The van der Waals surface area contributed by atoms with Crippen molar-refractivity contribution >= 4 is 11.7 Å². The average Bonchev–Trinajstić information content (AvgIpc) is 2.77. The molecule has 33 heavy (non-hydrogen) atoms. The van der Waals surface area contributed by atoms with Crippen molar-refractivity contribution in [1.29, 1.82) is 0 Å². The summed E-state index contributed by atoms with van der Waals surface area (Å²) in [5, 5.41) is 0. The lowest BCUT2D eigenvalue weighted by Gasteiger charge is -2.30. The van der Waals surface area contributed by atoms with Crippen LogP contribution in [0.4, 0.5) is 10.2 Å². The zero-order valence-corrected chi connectivity index (χ0v) is 19.5. The first-order valence-electron chi connectivity index (χ1n) is 11.2. The molecule has 1 amide bonds. The summed E-state index contributed by atoms with van der Waals surface area (Å²) in [5.74, 6) is 2.18. The lowest BCUT2D eigenvalue weighted by Crippen LogP contribution is -2.36. The number of benzene rings is 1. The van der Waals surface area contributed by atoms with Gasteiger partial charge in [-0.1, -0.05) is 26.0 Å². The second-order valence-electron chi connectivity index (χ2n) is 8.91. The van der Waals surface area contributed by atoms with Crippen molar-refractivity contribution in [2.24, 2.45) is 0 Å². The highest BCUT2D eigenvalue weighted by atomic mass is 19.1. The van der Waals surface area contributed by atoms with Crippen LogP contribution in [0.3, 0.4) is 0 Å². The lowest BCUT2D eigenvalue weighted by molar-refractivity contribution is -0.119. The lowest BCUT2D eigenvalue weighted by atomic mass is 10.0. The molecule has 0 saturated heterocycles. The average molecular weight is 449 g/mol. The van der Waals surface area contributed by atoms with Gasteiger partial charge < -0.3 is 0 Å². The maximum Gasteiger partial charge on any atom is 0.228 e. The molecule has 1 aliphatic rings. The number of anilines is 1. The van der Waals surface area contributed by atoms with Gasteiger partial charge in [-0.25, -0.2) is 24.3 Å². The molecular weight excluding hydrogens is 419 g/mol. The monoisotopic (exact) mass is 448 g/mol. The minimum Gasteiger partial charge on any atom is -0.295 e. The number of carbonyl (C=O) groups excluding carboxylic acids is 1. The van der Waals surface area contributed by atoms with Crippen molar-refractivity contribution in [3.05, 3.63) is 76.5 Å². The standard InChI is InChI=1S/C25H29FN6O/c1-16(2)24-27-11-19(12-28-24)13-31(4)15-22-29-17(3)21-9-10-23(33)32(25(21)30-22)14-18-5-7-20(26)8-6-18/h5-8,11-12,16H,9-10,13-15H2,1-4H3. The zero-order chi connectivity index (χ0) is 23.5. The van der Waals surface area contributed by atoms with Crippen LogP contribution in [0, 0.1) is 12.7 Å². The summed E-state index contributed by atoms with van der Waals surface area (Å²) >= 11 is 0. The van der Waals surface area contributed by atoms with Crippen LogP contribution in [0.15, 0.2) is 36.7 Å². The Labute approximate surface area is 193 Å². The van der Waals surface area contributed by atoms with Crippen molar-refractivity contribution in [2.45, 2.75) is 59.2 Å². The first-order chi connectivity index (χ1) is 15.8. The summed E-state index contributed by atoms with van der Waals surface area (Å²) in [7, 11) is 2.00. The fourth-order valence-corrected chi connectivity index (χ4v) is 4.00. The number of aromatic nitrogens is 4. The third-order valence-corrected chi connectivity index (χ3v) is 5.74. The highest BCUT2D eigenvalue weighted by Gasteiger charge is 2.28. The van der Waals surface area contributed by atoms with Crippen LogP contribution in [-0.4, -0.2) is 37.8 Å². The van der Waals surface area contributed by atoms with Crippen molar-refractivity contribution < 1.29 is 9.18 Å². The molecule has 2 aromatic heterocycles. The number of carbonyl (C=O) groups is 1. The molecule has 0 spiro atoms. The van der Waals surface area contributed by atoms with Crippen molar-refractivity contribution in [3.8, 4) is 0 Å². The van der Waals surface area contributed by atoms with Crippen LogP contribution in [0.5, 0.6) is 0 Å². The highest BCUT2D eigenvalue weighted by molar-refractivity contribution is 5.95. The van der Waals surface area contributed by atoms with Crippen LogP contribution in [0.2, 0.25) is 0 Å². The van der Waals surface area contributed by atoms with Crippen LogP contribution >= 0.6 is 0 Å². The fourth-order valence-electron chi connectivity index (χ4n) is 4.00. The van der Waals surface area contributed by atoms with Crippen molar-refractivity contribution in [2.75, 3.05) is 11.9 Å². The smallest absolute Gasteiger partial charge is 0.228 e. The molecule has 0 fully saturated rings. The summed E-state index contributed by atoms with van der Waals surface area (Å²) in [6, 6.07) is 6.22. The van der Waals surface area contributed by atoms with E-state index in [1.165, 1.54) is 12.1 Å². The van der Waals surface area contributed by atoms with Gasteiger partial charge in [-0.2, -0.15) is 0 Å². The molecule has 172 valence electrons. The maximum atomic E-state index is 13.3. The summed E-state index contributed by atoms with van der Waals surface area (Å²) in [6.45, 7) is 7.66. The van der Waals surface area contributed by atoms with E-state index in [-0.39, 0.29) is 11.7 Å². The number of amides is 1. The van der Waals surface area contributed by atoms with E-state index in [4.69, 9.17) is 9.97 Å². The van der Waals surface area contributed by atoms with E-state index in [0.717, 1.165) is 28.2 Å². The van der Waals surface area contributed by atoms with Crippen molar-refractivity contribution in [1.82, 2.24) is 24.8 Å². The molecule has 3 heterocycles. The molecule has 1 aromatic carbocycles. The predicted octanol–water partition coefficient (Wildman–Crippen LogP) is 3.95.